The number of hydrogen-bond acceptors (Lipinski definition) is 3. The zero-order chi connectivity index (χ0) is 17.5. The van der Waals surface area contributed by atoms with Crippen LogP contribution >= 0.6 is 23.2 Å². The summed E-state index contributed by atoms with van der Waals surface area (Å²) in [5.74, 6) is -0.305. The van der Waals surface area contributed by atoms with Crippen LogP contribution in [0.1, 0.15) is 21.5 Å². The minimum atomic E-state index is -0.199. The summed E-state index contributed by atoms with van der Waals surface area (Å²) in [7, 11) is 0. The zero-order valence-electron chi connectivity index (χ0n) is 12.5. The fourth-order valence-corrected chi connectivity index (χ4v) is 2.31. The fourth-order valence-electron chi connectivity index (χ4n) is 1.81. The molecule has 0 aliphatic rings. The largest absolute Gasteiger partial charge is 0.369 e. The summed E-state index contributed by atoms with van der Waals surface area (Å²) in [5, 5.41) is 8.04. The van der Waals surface area contributed by atoms with Gasteiger partial charge in [0.1, 0.15) is 0 Å². The predicted octanol–water partition coefficient (Wildman–Crippen LogP) is 3.50. The number of nitrogens with two attached hydrogens (primary N) is 2. The molecule has 0 amide bonds. The molecule has 0 atom stereocenters. The minimum Gasteiger partial charge on any atom is -0.369 e. The molecule has 0 heterocycles. The summed E-state index contributed by atoms with van der Waals surface area (Å²) < 4.78 is 0. The van der Waals surface area contributed by atoms with Crippen molar-refractivity contribution in [3.05, 3.63) is 75.3 Å². The molecule has 0 spiro atoms. The monoisotopic (exact) mass is 360 g/mol. The van der Waals surface area contributed by atoms with Crippen LogP contribution < -0.4 is 11.5 Å². The molecule has 24 heavy (non-hydrogen) atoms. The molecular weight excluding hydrogens is 347 g/mol. The van der Waals surface area contributed by atoms with Crippen molar-refractivity contribution in [2.24, 2.45) is 21.7 Å². The number of ketones is 1. The fraction of sp³-hybridized carbons (Fsp3) is 0. The van der Waals surface area contributed by atoms with Gasteiger partial charge in [0.05, 0.1) is 11.2 Å². The van der Waals surface area contributed by atoms with Gasteiger partial charge in [-0.2, -0.15) is 5.10 Å². The Morgan fingerprint density at radius 3 is 2.29 bits per heavy atom. The van der Waals surface area contributed by atoms with Gasteiger partial charge >= 0.3 is 0 Å². The van der Waals surface area contributed by atoms with Crippen LogP contribution in [0.25, 0.3) is 6.08 Å². The van der Waals surface area contributed by atoms with E-state index in [1.165, 1.54) is 18.4 Å². The van der Waals surface area contributed by atoms with E-state index >= 15 is 0 Å². The third kappa shape index (κ3) is 5.22. The molecule has 4 N–H and O–H groups in total. The minimum absolute atomic E-state index is 0.106. The Balaban J connectivity index is 2.07. The normalized spacial score (nSPS) is 11.1. The number of guanidine groups is 1. The van der Waals surface area contributed by atoms with Gasteiger partial charge in [-0.3, -0.25) is 4.79 Å². The summed E-state index contributed by atoms with van der Waals surface area (Å²) >= 11 is 11.8. The maximum atomic E-state index is 12.1. The van der Waals surface area contributed by atoms with Gasteiger partial charge in [0, 0.05) is 10.6 Å². The molecule has 122 valence electrons. The van der Waals surface area contributed by atoms with Gasteiger partial charge in [-0.15, -0.1) is 5.10 Å². The molecule has 0 saturated heterocycles. The molecule has 7 heteroatoms. The van der Waals surface area contributed by atoms with Crippen LogP contribution in [0.5, 0.6) is 0 Å². The third-order valence-corrected chi connectivity index (χ3v) is 3.49. The van der Waals surface area contributed by atoms with Crippen LogP contribution in [0, 0.1) is 0 Å². The molecule has 2 rings (SSSR count). The van der Waals surface area contributed by atoms with E-state index in [0.717, 1.165) is 11.1 Å². The average molecular weight is 361 g/mol. The van der Waals surface area contributed by atoms with Gasteiger partial charge in [-0.05, 0) is 35.4 Å². The zero-order valence-corrected chi connectivity index (χ0v) is 14.0. The Morgan fingerprint density at radius 1 is 1.00 bits per heavy atom. The van der Waals surface area contributed by atoms with Crippen molar-refractivity contribution in [3.63, 3.8) is 0 Å². The first-order chi connectivity index (χ1) is 11.5. The summed E-state index contributed by atoms with van der Waals surface area (Å²) in [6.45, 7) is 0. The predicted molar refractivity (Wildman–Crippen MR) is 99.7 cm³/mol. The van der Waals surface area contributed by atoms with E-state index in [9.17, 15) is 4.79 Å². The molecule has 0 aromatic heterocycles. The van der Waals surface area contributed by atoms with Gasteiger partial charge in [0.15, 0.2) is 5.78 Å². The van der Waals surface area contributed by atoms with Crippen molar-refractivity contribution in [3.8, 4) is 0 Å². The van der Waals surface area contributed by atoms with Crippen LogP contribution in [-0.4, -0.2) is 18.0 Å². The first kappa shape index (κ1) is 17.7. The number of carbonyl (C=O) groups excluding carboxylic acids is 1. The van der Waals surface area contributed by atoms with E-state index in [1.54, 1.807) is 18.2 Å². The Hall–Kier alpha value is -2.63. The van der Waals surface area contributed by atoms with Gasteiger partial charge < -0.3 is 11.5 Å². The van der Waals surface area contributed by atoms with Crippen molar-refractivity contribution in [2.75, 3.05) is 0 Å². The first-order valence-corrected chi connectivity index (χ1v) is 7.61. The van der Waals surface area contributed by atoms with E-state index in [1.807, 2.05) is 24.3 Å². The molecule has 5 nitrogen and oxygen atoms in total. The molecule has 0 aliphatic heterocycles. The van der Waals surface area contributed by atoms with E-state index in [2.05, 4.69) is 10.2 Å². The highest BCUT2D eigenvalue weighted by Crippen LogP contribution is 2.21. The smallest absolute Gasteiger partial charge is 0.211 e. The van der Waals surface area contributed by atoms with Crippen LogP contribution in [0.3, 0.4) is 0 Å². The summed E-state index contributed by atoms with van der Waals surface area (Å²) in [6.07, 6.45) is 4.67. The lowest BCUT2D eigenvalue weighted by molar-refractivity contribution is 0.104. The highest BCUT2D eigenvalue weighted by atomic mass is 35.5. The number of benzene rings is 2. The first-order valence-electron chi connectivity index (χ1n) is 6.85. The lowest BCUT2D eigenvalue weighted by atomic mass is 10.1. The molecule has 0 fully saturated rings. The number of rotatable bonds is 5. The molecule has 2 aromatic carbocycles. The third-order valence-electron chi connectivity index (χ3n) is 2.94. The Labute approximate surface area is 149 Å². The molecule has 0 saturated carbocycles. The van der Waals surface area contributed by atoms with Crippen LogP contribution in [0.2, 0.25) is 10.0 Å². The quantitative estimate of drug-likeness (QED) is 0.281. The SMILES string of the molecule is NC(N)=N/N=C/c1ccc(/C=C/C(=O)c2ccc(Cl)cc2Cl)cc1. The molecule has 0 bridgehead atoms. The van der Waals surface area contributed by atoms with Crippen molar-refractivity contribution >= 4 is 47.2 Å². The van der Waals surface area contributed by atoms with Crippen LogP contribution in [-0.2, 0) is 0 Å². The number of hydrogen-bond donors (Lipinski definition) is 2. The highest BCUT2D eigenvalue weighted by molar-refractivity contribution is 6.37. The number of carbonyl (C=O) groups is 1. The summed E-state index contributed by atoms with van der Waals surface area (Å²) in [5.41, 5.74) is 12.4. The van der Waals surface area contributed by atoms with E-state index in [-0.39, 0.29) is 11.7 Å². The number of allylic oxidation sites excluding steroid dienone is 1. The van der Waals surface area contributed by atoms with E-state index in [4.69, 9.17) is 34.7 Å². The standard InChI is InChI=1S/C17H14Cl2N4O/c18-13-6-7-14(15(19)9-13)16(24)8-5-11-1-3-12(4-2-11)10-22-23-17(20)21/h1-10H,(H4,20,21,23)/b8-5+,22-10+. The lowest BCUT2D eigenvalue weighted by Crippen LogP contribution is -2.21. The number of halogens is 2. The summed E-state index contributed by atoms with van der Waals surface area (Å²) in [6, 6.07) is 12.1. The summed E-state index contributed by atoms with van der Waals surface area (Å²) in [4.78, 5) is 12.1. The Kier molecular flexibility index (Phi) is 6.12. The van der Waals surface area contributed by atoms with Gasteiger partial charge in [0.25, 0.3) is 0 Å². The topological polar surface area (TPSA) is 93.8 Å². The molecule has 0 aliphatic carbocycles. The highest BCUT2D eigenvalue weighted by Gasteiger charge is 2.07. The Morgan fingerprint density at radius 2 is 1.67 bits per heavy atom. The number of nitrogens with zero attached hydrogens (tertiary/aromatic N) is 2. The average Bonchev–Trinajstić information content (AvgIpc) is 2.53. The lowest BCUT2D eigenvalue weighted by Gasteiger charge is -2.00. The van der Waals surface area contributed by atoms with Crippen LogP contribution in [0.15, 0.2) is 58.7 Å². The van der Waals surface area contributed by atoms with E-state index in [0.29, 0.717) is 15.6 Å². The molecule has 0 unspecified atom stereocenters. The molecule has 2 aromatic rings. The molecular formula is C17H14Cl2N4O. The maximum Gasteiger partial charge on any atom is 0.211 e. The van der Waals surface area contributed by atoms with Crippen molar-refractivity contribution in [1.29, 1.82) is 0 Å². The van der Waals surface area contributed by atoms with Crippen molar-refractivity contribution < 1.29 is 4.79 Å². The van der Waals surface area contributed by atoms with Crippen molar-refractivity contribution in [2.45, 2.75) is 0 Å². The molecule has 0 radical (unpaired) electrons. The van der Waals surface area contributed by atoms with Crippen molar-refractivity contribution in [1.82, 2.24) is 0 Å². The van der Waals surface area contributed by atoms with Gasteiger partial charge in [-0.1, -0.05) is 53.5 Å². The maximum absolute atomic E-state index is 12.1. The Bertz CT molecular complexity index is 823. The van der Waals surface area contributed by atoms with E-state index < -0.39 is 0 Å². The van der Waals surface area contributed by atoms with Gasteiger partial charge in [-0.25, -0.2) is 0 Å². The second-order valence-corrected chi connectivity index (χ2v) is 5.60. The van der Waals surface area contributed by atoms with Crippen LogP contribution in [0.4, 0.5) is 0 Å². The second-order valence-electron chi connectivity index (χ2n) is 4.76. The second kappa shape index (κ2) is 8.29. The van der Waals surface area contributed by atoms with Gasteiger partial charge in [0.2, 0.25) is 5.96 Å².